The first-order valence-electron chi connectivity index (χ1n) is 3.18. The number of alkyl halides is 1. The summed E-state index contributed by atoms with van der Waals surface area (Å²) in [5, 5.41) is 8.68. The van der Waals surface area contributed by atoms with Crippen molar-refractivity contribution >= 4 is 7.82 Å². The van der Waals surface area contributed by atoms with E-state index in [1.807, 2.05) is 0 Å². The summed E-state index contributed by atoms with van der Waals surface area (Å²) in [5.41, 5.74) is 0. The van der Waals surface area contributed by atoms with Gasteiger partial charge in [-0.1, -0.05) is 0 Å². The largest absolute Gasteiger partial charge is 0.474 e. The third-order valence-electron chi connectivity index (χ3n) is 1.05. The highest BCUT2D eigenvalue weighted by Crippen LogP contribution is 2.47. The smallest absolute Gasteiger partial charge is 0.388 e. The highest BCUT2D eigenvalue weighted by Gasteiger charge is 2.23. The van der Waals surface area contributed by atoms with Crippen LogP contribution in [0.25, 0.3) is 0 Å². The molecule has 0 unspecified atom stereocenters. The first kappa shape index (κ1) is 12.0. The minimum Gasteiger partial charge on any atom is -0.388 e. The molecule has 0 aliphatic rings. The fourth-order valence-corrected chi connectivity index (χ4v) is 1.12. The molecule has 0 amide bonds. The zero-order valence-electron chi connectivity index (χ0n) is 6.90. The van der Waals surface area contributed by atoms with Crippen molar-refractivity contribution in [2.45, 2.75) is 6.10 Å². The average Bonchev–Trinajstić information content (AvgIpc) is 2.13. The van der Waals surface area contributed by atoms with E-state index >= 15 is 0 Å². The number of aliphatic hydroxyl groups excluding tert-OH is 1. The van der Waals surface area contributed by atoms with Gasteiger partial charge in [-0.3, -0.25) is 13.6 Å². The molecule has 74 valence electrons. The molecule has 5 nitrogen and oxygen atoms in total. The van der Waals surface area contributed by atoms with E-state index < -0.39 is 27.2 Å². The molecule has 0 rings (SSSR count). The highest BCUT2D eigenvalue weighted by atomic mass is 31.2. The number of hydrogen-bond acceptors (Lipinski definition) is 5. The minimum absolute atomic E-state index is 0.421. The summed E-state index contributed by atoms with van der Waals surface area (Å²) in [6.45, 7) is -1.39. The fourth-order valence-electron chi connectivity index (χ4n) is 0.402. The van der Waals surface area contributed by atoms with Crippen molar-refractivity contribution in [1.29, 1.82) is 0 Å². The minimum atomic E-state index is -3.57. The van der Waals surface area contributed by atoms with Gasteiger partial charge in [-0.25, -0.2) is 8.96 Å². The summed E-state index contributed by atoms with van der Waals surface area (Å²) in [5.74, 6) is 0. The van der Waals surface area contributed by atoms with Gasteiger partial charge >= 0.3 is 7.82 Å². The molecular formula is C5H12FO5P. The van der Waals surface area contributed by atoms with Crippen LogP contribution >= 0.6 is 7.82 Å². The average molecular weight is 202 g/mol. The maximum absolute atomic E-state index is 11.7. The number of rotatable bonds is 6. The van der Waals surface area contributed by atoms with Gasteiger partial charge in [0, 0.05) is 14.2 Å². The number of halogens is 1. The molecule has 0 aromatic carbocycles. The van der Waals surface area contributed by atoms with E-state index in [0.717, 1.165) is 14.2 Å². The predicted molar refractivity (Wildman–Crippen MR) is 39.6 cm³/mol. The number of aliphatic hydroxyl groups is 1. The molecule has 7 heteroatoms. The Morgan fingerprint density at radius 2 is 2.00 bits per heavy atom. The molecule has 0 saturated carbocycles. The molecule has 1 N–H and O–H groups in total. The van der Waals surface area contributed by atoms with Gasteiger partial charge in [0.2, 0.25) is 0 Å². The Hall–Kier alpha value is -0.0000000000000000278. The van der Waals surface area contributed by atoms with E-state index in [4.69, 9.17) is 5.11 Å². The lowest BCUT2D eigenvalue weighted by atomic mass is 10.4. The summed E-state index contributed by atoms with van der Waals surface area (Å²) < 4.78 is 36.0. The molecule has 0 heterocycles. The maximum atomic E-state index is 11.7. The zero-order valence-corrected chi connectivity index (χ0v) is 7.79. The molecule has 0 aliphatic heterocycles. The second-order valence-corrected chi connectivity index (χ2v) is 3.80. The molecule has 0 aromatic heterocycles. The van der Waals surface area contributed by atoms with Crippen LogP contribution in [0, 0.1) is 0 Å². The predicted octanol–water partition coefficient (Wildman–Crippen LogP) is 0.734. The van der Waals surface area contributed by atoms with Crippen LogP contribution in [0.3, 0.4) is 0 Å². The second kappa shape index (κ2) is 5.61. The normalized spacial score (nSPS) is 14.7. The Morgan fingerprint density at radius 3 is 2.33 bits per heavy atom. The zero-order chi connectivity index (χ0) is 9.61. The lowest BCUT2D eigenvalue weighted by molar-refractivity contribution is 0.0584. The molecule has 0 radical (unpaired) electrons. The first-order valence-corrected chi connectivity index (χ1v) is 4.64. The van der Waals surface area contributed by atoms with Crippen LogP contribution in [-0.4, -0.2) is 38.7 Å². The van der Waals surface area contributed by atoms with Gasteiger partial charge in [0.1, 0.15) is 12.8 Å². The third kappa shape index (κ3) is 4.13. The second-order valence-electron chi connectivity index (χ2n) is 1.92. The van der Waals surface area contributed by atoms with E-state index in [-0.39, 0.29) is 0 Å². The van der Waals surface area contributed by atoms with Crippen molar-refractivity contribution < 1.29 is 27.6 Å². The molecule has 0 spiro atoms. The molecule has 0 aliphatic carbocycles. The van der Waals surface area contributed by atoms with Crippen LogP contribution in [0.15, 0.2) is 0 Å². The molecule has 0 saturated heterocycles. The summed E-state index contributed by atoms with van der Waals surface area (Å²) in [7, 11) is -1.31. The maximum Gasteiger partial charge on any atom is 0.474 e. The van der Waals surface area contributed by atoms with E-state index in [0.29, 0.717) is 0 Å². The molecule has 0 aromatic rings. The van der Waals surface area contributed by atoms with Gasteiger partial charge in [0.05, 0.1) is 6.61 Å². The Morgan fingerprint density at radius 1 is 1.50 bits per heavy atom. The quantitative estimate of drug-likeness (QED) is 0.643. The van der Waals surface area contributed by atoms with Gasteiger partial charge < -0.3 is 5.11 Å². The lowest BCUT2D eigenvalue weighted by Gasteiger charge is -2.14. The van der Waals surface area contributed by atoms with Crippen molar-refractivity contribution in [3.63, 3.8) is 0 Å². The van der Waals surface area contributed by atoms with E-state index in [1.165, 1.54) is 0 Å². The molecule has 12 heavy (non-hydrogen) atoms. The van der Waals surface area contributed by atoms with Crippen LogP contribution in [0.2, 0.25) is 0 Å². The van der Waals surface area contributed by atoms with Crippen LogP contribution in [0.4, 0.5) is 4.39 Å². The molecule has 0 fully saturated rings. The van der Waals surface area contributed by atoms with E-state index in [9.17, 15) is 8.96 Å². The topological polar surface area (TPSA) is 65.0 Å². The summed E-state index contributed by atoms with van der Waals surface area (Å²) >= 11 is 0. The first-order chi connectivity index (χ1) is 5.58. The molecular weight excluding hydrogens is 190 g/mol. The fraction of sp³-hybridized carbons (Fsp3) is 1.00. The van der Waals surface area contributed by atoms with E-state index in [2.05, 4.69) is 13.6 Å². The SMILES string of the molecule is COP(=O)(OC)OC[C@@H](O)CF. The van der Waals surface area contributed by atoms with Crippen LogP contribution < -0.4 is 0 Å². The van der Waals surface area contributed by atoms with Crippen molar-refractivity contribution in [2.75, 3.05) is 27.5 Å². The monoisotopic (exact) mass is 202 g/mol. The van der Waals surface area contributed by atoms with Crippen molar-refractivity contribution in [2.24, 2.45) is 0 Å². The van der Waals surface area contributed by atoms with Crippen LogP contribution in [0.5, 0.6) is 0 Å². The number of hydrogen-bond donors (Lipinski definition) is 1. The van der Waals surface area contributed by atoms with Crippen molar-refractivity contribution in [3.8, 4) is 0 Å². The summed E-state index contributed by atoms with van der Waals surface area (Å²) in [4.78, 5) is 0. The summed E-state index contributed by atoms with van der Waals surface area (Å²) in [6, 6.07) is 0. The van der Waals surface area contributed by atoms with Gasteiger partial charge in [-0.15, -0.1) is 0 Å². The Kier molecular flexibility index (Phi) is 5.61. The third-order valence-corrected chi connectivity index (χ3v) is 2.41. The van der Waals surface area contributed by atoms with E-state index in [1.54, 1.807) is 0 Å². The highest BCUT2D eigenvalue weighted by molar-refractivity contribution is 7.48. The van der Waals surface area contributed by atoms with Crippen LogP contribution in [-0.2, 0) is 18.1 Å². The number of phosphoric acid groups is 1. The van der Waals surface area contributed by atoms with Gasteiger partial charge in [0.15, 0.2) is 0 Å². The van der Waals surface area contributed by atoms with Crippen molar-refractivity contribution in [1.82, 2.24) is 0 Å². The standard InChI is InChI=1S/C5H12FO5P/c1-9-12(8,10-2)11-4-5(7)3-6/h5,7H,3-4H2,1-2H3/t5-/m0/s1. The lowest BCUT2D eigenvalue weighted by Crippen LogP contribution is -2.16. The molecule has 1 atom stereocenters. The Bertz CT molecular complexity index is 156. The molecule has 0 bridgehead atoms. The Balaban J connectivity index is 3.81. The van der Waals surface area contributed by atoms with Gasteiger partial charge in [0.25, 0.3) is 0 Å². The summed E-state index contributed by atoms with van der Waals surface area (Å²) in [6.07, 6.45) is -1.30. The number of phosphoric ester groups is 1. The van der Waals surface area contributed by atoms with Crippen LogP contribution in [0.1, 0.15) is 0 Å². The van der Waals surface area contributed by atoms with Gasteiger partial charge in [-0.05, 0) is 0 Å². The van der Waals surface area contributed by atoms with Crippen molar-refractivity contribution in [3.05, 3.63) is 0 Å². The van der Waals surface area contributed by atoms with Gasteiger partial charge in [-0.2, -0.15) is 0 Å². The Labute approximate surface area is 70.0 Å².